The Hall–Kier alpha value is -1.85. The number of hydrogen-bond donors (Lipinski definition) is 1. The summed E-state index contributed by atoms with van der Waals surface area (Å²) in [6.07, 6.45) is 3.88. The Labute approximate surface area is 162 Å². The fraction of sp³-hybridized carbons (Fsp3) is 0.500. The average molecular weight is 380 g/mol. The summed E-state index contributed by atoms with van der Waals surface area (Å²) < 4.78 is 5.77. The van der Waals surface area contributed by atoms with Gasteiger partial charge in [-0.2, -0.15) is 0 Å². The molecule has 0 aliphatic rings. The monoisotopic (exact) mass is 379 g/mol. The number of pyridine rings is 1. The van der Waals surface area contributed by atoms with Crippen LogP contribution in [0.4, 0.5) is 0 Å². The van der Waals surface area contributed by atoms with E-state index in [4.69, 9.17) is 9.57 Å². The van der Waals surface area contributed by atoms with E-state index in [2.05, 4.69) is 30.9 Å². The Morgan fingerprint density at radius 3 is 2.62 bits per heavy atom. The molecule has 26 heavy (non-hydrogen) atoms. The van der Waals surface area contributed by atoms with Gasteiger partial charge in [0.2, 0.25) is 5.88 Å². The van der Waals surface area contributed by atoms with Crippen molar-refractivity contribution in [3.63, 3.8) is 0 Å². The fourth-order valence-corrected chi connectivity index (χ4v) is 2.62. The molecule has 0 fully saturated rings. The van der Waals surface area contributed by atoms with Crippen molar-refractivity contribution in [2.24, 2.45) is 5.16 Å². The van der Waals surface area contributed by atoms with Crippen molar-refractivity contribution in [1.82, 2.24) is 4.98 Å². The zero-order chi connectivity index (χ0) is 17.9. The van der Waals surface area contributed by atoms with Gasteiger partial charge in [0.25, 0.3) is 0 Å². The van der Waals surface area contributed by atoms with E-state index in [-0.39, 0.29) is 12.4 Å². The summed E-state index contributed by atoms with van der Waals surface area (Å²) in [6.45, 7) is 11.0. The van der Waals surface area contributed by atoms with E-state index >= 15 is 0 Å². The molecule has 144 valence electrons. The standard InChI is InChI=1S/C20H29N3O2.ClH/c1-4-7-13-24-20-15-17(18-10-8-9-11-19(18)22-20)16-21-25-14-12-23(5-2)6-3;/h8-11,15-16H,4-7,12-14H2,1-3H3;1H/b21-16+;. The first-order chi connectivity index (χ1) is 12.3. The lowest BCUT2D eigenvalue weighted by molar-refractivity contribution is -0.896. The molecule has 0 saturated heterocycles. The van der Waals surface area contributed by atoms with Crippen molar-refractivity contribution in [3.05, 3.63) is 35.9 Å². The number of para-hydroxylation sites is 1. The second kappa shape index (κ2) is 12.5. The molecule has 0 spiro atoms. The number of fused-ring (bicyclic) bond motifs is 1. The first kappa shape index (κ1) is 22.2. The van der Waals surface area contributed by atoms with Gasteiger partial charge in [0.05, 0.1) is 31.4 Å². The summed E-state index contributed by atoms with van der Waals surface area (Å²) >= 11 is 0. The van der Waals surface area contributed by atoms with E-state index in [1.165, 1.54) is 4.90 Å². The van der Waals surface area contributed by atoms with Crippen LogP contribution in [0, 0.1) is 0 Å². The molecule has 0 unspecified atom stereocenters. The van der Waals surface area contributed by atoms with E-state index in [1.807, 2.05) is 30.3 Å². The maximum absolute atomic E-state index is 5.77. The van der Waals surface area contributed by atoms with Gasteiger partial charge in [-0.3, -0.25) is 0 Å². The topological polar surface area (TPSA) is 48.1 Å². The van der Waals surface area contributed by atoms with Crippen LogP contribution in [0.25, 0.3) is 10.9 Å². The fourth-order valence-electron chi connectivity index (χ4n) is 2.62. The number of quaternary nitrogens is 1. The smallest absolute Gasteiger partial charge is 0.214 e. The van der Waals surface area contributed by atoms with Crippen LogP contribution in [-0.4, -0.2) is 44.0 Å². The lowest BCUT2D eigenvalue weighted by Gasteiger charge is -2.13. The predicted octanol–water partition coefficient (Wildman–Crippen LogP) is -0.307. The van der Waals surface area contributed by atoms with Gasteiger partial charge in [0.15, 0.2) is 6.61 Å². The molecule has 2 aromatic rings. The van der Waals surface area contributed by atoms with Crippen LogP contribution >= 0.6 is 0 Å². The van der Waals surface area contributed by atoms with E-state index < -0.39 is 0 Å². The molecule has 1 heterocycles. The molecule has 1 aromatic carbocycles. The Morgan fingerprint density at radius 2 is 1.88 bits per heavy atom. The molecule has 5 nitrogen and oxygen atoms in total. The highest BCUT2D eigenvalue weighted by molar-refractivity contribution is 5.98. The van der Waals surface area contributed by atoms with Crippen LogP contribution in [-0.2, 0) is 4.84 Å². The van der Waals surface area contributed by atoms with Gasteiger partial charge in [-0.25, -0.2) is 4.98 Å². The molecule has 0 bridgehead atoms. The van der Waals surface area contributed by atoms with Crippen LogP contribution < -0.4 is 22.0 Å². The minimum Gasteiger partial charge on any atom is -1.00 e. The van der Waals surface area contributed by atoms with Gasteiger partial charge in [-0.05, 0) is 26.3 Å². The molecule has 0 aliphatic heterocycles. The van der Waals surface area contributed by atoms with Crippen molar-refractivity contribution in [1.29, 1.82) is 0 Å². The molecule has 0 atom stereocenters. The number of rotatable bonds is 11. The predicted molar refractivity (Wildman–Crippen MR) is 103 cm³/mol. The molecule has 0 saturated carbocycles. The van der Waals surface area contributed by atoms with Crippen molar-refractivity contribution in [2.45, 2.75) is 33.6 Å². The number of aromatic nitrogens is 1. The van der Waals surface area contributed by atoms with Crippen LogP contribution in [0.5, 0.6) is 5.88 Å². The molecule has 1 N–H and O–H groups in total. The summed E-state index contributed by atoms with van der Waals surface area (Å²) in [6, 6.07) is 9.95. The van der Waals surface area contributed by atoms with E-state index in [9.17, 15) is 0 Å². The quantitative estimate of drug-likeness (QED) is 0.331. The van der Waals surface area contributed by atoms with Crippen LogP contribution in [0.3, 0.4) is 0 Å². The van der Waals surface area contributed by atoms with Gasteiger partial charge in [-0.15, -0.1) is 0 Å². The number of nitrogens with zero attached hydrogens (tertiary/aromatic N) is 2. The molecule has 0 aliphatic carbocycles. The van der Waals surface area contributed by atoms with Crippen LogP contribution in [0.1, 0.15) is 39.2 Å². The molecule has 0 amide bonds. The average Bonchev–Trinajstić information content (AvgIpc) is 2.65. The van der Waals surface area contributed by atoms with Crippen molar-refractivity contribution >= 4 is 17.1 Å². The lowest BCUT2D eigenvalue weighted by Crippen LogP contribution is -3.11. The van der Waals surface area contributed by atoms with Crippen molar-refractivity contribution in [2.75, 3.05) is 32.8 Å². The third-order valence-corrected chi connectivity index (χ3v) is 4.29. The Balaban J connectivity index is 0.00000338. The molecule has 6 heteroatoms. The number of likely N-dealkylation sites (N-methyl/N-ethyl adjacent to an activating group) is 1. The van der Waals surface area contributed by atoms with E-state index in [0.717, 1.165) is 48.9 Å². The van der Waals surface area contributed by atoms with Gasteiger partial charge in [0, 0.05) is 17.0 Å². The summed E-state index contributed by atoms with van der Waals surface area (Å²) in [4.78, 5) is 11.5. The lowest BCUT2D eigenvalue weighted by atomic mass is 10.1. The SMILES string of the molecule is CCCCOc1cc(/C=N/OCC[NH+](CC)CC)c2ccccc2n1.[Cl-]. The first-order valence-electron chi connectivity index (χ1n) is 9.29. The Morgan fingerprint density at radius 1 is 1.12 bits per heavy atom. The number of unbranched alkanes of at least 4 members (excludes halogenated alkanes) is 1. The largest absolute Gasteiger partial charge is 1.00 e. The number of hydrogen-bond acceptors (Lipinski definition) is 4. The highest BCUT2D eigenvalue weighted by atomic mass is 35.5. The maximum Gasteiger partial charge on any atom is 0.214 e. The van der Waals surface area contributed by atoms with Crippen molar-refractivity contribution in [3.8, 4) is 5.88 Å². The first-order valence-corrected chi connectivity index (χ1v) is 9.29. The molecule has 2 rings (SSSR count). The summed E-state index contributed by atoms with van der Waals surface area (Å²) in [5.74, 6) is 0.640. The second-order valence-corrected chi connectivity index (χ2v) is 6.04. The van der Waals surface area contributed by atoms with E-state index in [0.29, 0.717) is 19.1 Å². The van der Waals surface area contributed by atoms with E-state index in [1.54, 1.807) is 6.21 Å². The molecule has 1 aromatic heterocycles. The van der Waals surface area contributed by atoms with Gasteiger partial charge >= 0.3 is 0 Å². The third kappa shape index (κ3) is 6.81. The molecular formula is C20H30ClN3O2. The number of halogens is 1. The molecular weight excluding hydrogens is 350 g/mol. The normalized spacial score (nSPS) is 11.1. The number of oxime groups is 1. The van der Waals surface area contributed by atoms with Crippen molar-refractivity contribution < 1.29 is 26.9 Å². The third-order valence-electron chi connectivity index (χ3n) is 4.29. The zero-order valence-electron chi connectivity index (χ0n) is 16.0. The van der Waals surface area contributed by atoms with Gasteiger partial charge in [0.1, 0.15) is 6.54 Å². The summed E-state index contributed by atoms with van der Waals surface area (Å²) in [5, 5.41) is 5.20. The minimum absolute atomic E-state index is 0. The number of benzene rings is 1. The highest BCUT2D eigenvalue weighted by Gasteiger charge is 2.06. The number of nitrogens with one attached hydrogen (secondary N) is 1. The van der Waals surface area contributed by atoms with Gasteiger partial charge < -0.3 is 26.9 Å². The molecule has 0 radical (unpaired) electrons. The van der Waals surface area contributed by atoms with Crippen LogP contribution in [0.15, 0.2) is 35.5 Å². The zero-order valence-corrected chi connectivity index (χ0v) is 16.8. The summed E-state index contributed by atoms with van der Waals surface area (Å²) in [7, 11) is 0. The maximum atomic E-state index is 5.77. The van der Waals surface area contributed by atoms with Crippen LogP contribution in [0.2, 0.25) is 0 Å². The summed E-state index contributed by atoms with van der Waals surface area (Å²) in [5.41, 5.74) is 1.87. The Kier molecular flexibility index (Phi) is 10.7. The minimum atomic E-state index is 0. The Bertz CT molecular complexity index is 675. The number of ether oxygens (including phenoxy) is 1. The highest BCUT2D eigenvalue weighted by Crippen LogP contribution is 2.21. The van der Waals surface area contributed by atoms with Gasteiger partial charge in [-0.1, -0.05) is 36.7 Å². The second-order valence-electron chi connectivity index (χ2n) is 6.04.